The van der Waals surface area contributed by atoms with Gasteiger partial charge in [0, 0.05) is 31.5 Å². The zero-order valence-electron chi connectivity index (χ0n) is 24.3. The highest BCUT2D eigenvalue weighted by atomic mass is 15.3. The first-order valence-corrected chi connectivity index (χ1v) is 14.5. The molecule has 4 aromatic rings. The third-order valence-electron chi connectivity index (χ3n) is 8.27. The molecule has 5 heteroatoms. The maximum Gasteiger partial charge on any atom is 0.169 e. The van der Waals surface area contributed by atoms with Crippen LogP contribution in [-0.4, -0.2) is 14.8 Å². The Bertz CT molecular complexity index is 1400. The number of H-pyrrole nitrogens is 1. The summed E-state index contributed by atoms with van der Waals surface area (Å²) in [7, 11) is 1.96. The van der Waals surface area contributed by atoms with E-state index in [1.54, 1.807) is 0 Å². The van der Waals surface area contributed by atoms with Crippen LogP contribution in [0, 0.1) is 24.2 Å². The maximum atomic E-state index is 6.31. The number of benzene rings is 2. The van der Waals surface area contributed by atoms with Gasteiger partial charge in [-0.1, -0.05) is 95.5 Å². The van der Waals surface area contributed by atoms with Crippen molar-refractivity contribution in [2.45, 2.75) is 78.7 Å². The molecule has 5 nitrogen and oxygen atoms in total. The van der Waals surface area contributed by atoms with Crippen molar-refractivity contribution in [3.8, 4) is 23.5 Å². The maximum absolute atomic E-state index is 6.31. The Morgan fingerprint density at radius 3 is 2.54 bits per heavy atom. The van der Waals surface area contributed by atoms with E-state index in [0.29, 0.717) is 30.6 Å². The van der Waals surface area contributed by atoms with Gasteiger partial charge in [0.05, 0.1) is 5.52 Å². The highest BCUT2D eigenvalue weighted by Crippen LogP contribution is 2.42. The number of fused-ring (bicyclic) bond motifs is 1. The molecule has 0 saturated carbocycles. The molecule has 0 aliphatic rings. The number of anilines is 2. The second-order valence-corrected chi connectivity index (χ2v) is 11.3. The Morgan fingerprint density at radius 1 is 1.08 bits per heavy atom. The van der Waals surface area contributed by atoms with Crippen molar-refractivity contribution >= 4 is 22.7 Å². The lowest BCUT2D eigenvalue weighted by atomic mass is 9.79. The standard InChI is InChI=1S/C34H45N5/c1-7-9-10-12-18-27-21-25(19-20-29(27)26-16-13-11-14-17-26)22-36-34-30(28(15-8-2)24(5)23(3)4)32-31(37-34)33(35)38-39(32)6/h2,11,13-14,16-17,19-21,23-24,28,36-37H,7,9-10,12,15,18,22H2,1,3-6H3,(H2,35,38)/t24?,28-/m0/s1. The fourth-order valence-electron chi connectivity index (χ4n) is 5.73. The monoisotopic (exact) mass is 523 g/mol. The summed E-state index contributed by atoms with van der Waals surface area (Å²) in [6.45, 7) is 9.79. The molecule has 0 aliphatic carbocycles. The van der Waals surface area contributed by atoms with Crippen LogP contribution in [0.3, 0.4) is 0 Å². The molecule has 0 saturated heterocycles. The quantitative estimate of drug-likeness (QED) is 0.122. The van der Waals surface area contributed by atoms with Crippen LogP contribution < -0.4 is 11.1 Å². The van der Waals surface area contributed by atoms with Crippen LogP contribution in [0.2, 0.25) is 0 Å². The normalized spacial score (nSPS) is 13.1. The zero-order valence-corrected chi connectivity index (χ0v) is 24.3. The van der Waals surface area contributed by atoms with E-state index in [4.69, 9.17) is 12.2 Å². The second kappa shape index (κ2) is 12.9. The molecule has 4 N–H and O–H groups in total. The van der Waals surface area contributed by atoms with Crippen molar-refractivity contribution in [3.63, 3.8) is 0 Å². The van der Waals surface area contributed by atoms with Crippen molar-refractivity contribution in [1.82, 2.24) is 14.8 Å². The van der Waals surface area contributed by atoms with Gasteiger partial charge in [0.15, 0.2) is 5.82 Å². The highest BCUT2D eigenvalue weighted by Gasteiger charge is 2.30. The number of rotatable bonds is 13. The predicted octanol–water partition coefficient (Wildman–Crippen LogP) is 8.28. The number of nitrogens with two attached hydrogens (primary N) is 1. The lowest BCUT2D eigenvalue weighted by molar-refractivity contribution is 0.351. The fraction of sp³-hybridized carbons (Fsp3) is 0.441. The topological polar surface area (TPSA) is 71.7 Å². The molecule has 206 valence electrons. The first-order chi connectivity index (χ1) is 18.8. The molecule has 0 fully saturated rings. The molecule has 4 rings (SSSR count). The lowest BCUT2D eigenvalue weighted by Crippen LogP contribution is -2.17. The van der Waals surface area contributed by atoms with E-state index in [0.717, 1.165) is 23.3 Å². The van der Waals surface area contributed by atoms with Crippen LogP contribution in [0.4, 0.5) is 11.6 Å². The molecule has 0 bridgehead atoms. The van der Waals surface area contributed by atoms with E-state index in [2.05, 4.69) is 97.5 Å². The number of unbranched alkanes of at least 4 members (excludes halogenated alkanes) is 3. The van der Waals surface area contributed by atoms with E-state index in [1.807, 2.05) is 11.7 Å². The smallest absolute Gasteiger partial charge is 0.169 e. The third-order valence-corrected chi connectivity index (χ3v) is 8.27. The Balaban J connectivity index is 1.67. The van der Waals surface area contributed by atoms with Crippen molar-refractivity contribution in [1.29, 1.82) is 0 Å². The largest absolute Gasteiger partial charge is 0.380 e. The molecule has 39 heavy (non-hydrogen) atoms. The van der Waals surface area contributed by atoms with Crippen LogP contribution >= 0.6 is 0 Å². The van der Waals surface area contributed by atoms with E-state index >= 15 is 0 Å². The molecule has 0 radical (unpaired) electrons. The van der Waals surface area contributed by atoms with Crippen molar-refractivity contribution in [2.24, 2.45) is 18.9 Å². The number of hydrogen-bond acceptors (Lipinski definition) is 3. The molecule has 2 aromatic carbocycles. The summed E-state index contributed by atoms with van der Waals surface area (Å²) < 4.78 is 1.89. The number of aromatic amines is 1. The first-order valence-electron chi connectivity index (χ1n) is 14.5. The van der Waals surface area contributed by atoms with E-state index < -0.39 is 0 Å². The van der Waals surface area contributed by atoms with Crippen LogP contribution in [-0.2, 0) is 20.0 Å². The number of hydrogen-bond donors (Lipinski definition) is 3. The number of aromatic nitrogens is 3. The SMILES string of the molecule is C#CC[C@H](c1c(NCc2ccc(-c3ccccc3)c(CCCCCC)c2)[nH]c2c(N)nn(C)c12)C(C)C(C)C. The predicted molar refractivity (Wildman–Crippen MR) is 167 cm³/mol. The Labute approximate surface area is 234 Å². The molecular weight excluding hydrogens is 478 g/mol. The highest BCUT2D eigenvalue weighted by molar-refractivity contribution is 5.93. The Hall–Kier alpha value is -3.65. The number of nitrogens with zero attached hydrogens (tertiary/aromatic N) is 2. The summed E-state index contributed by atoms with van der Waals surface area (Å²) in [5, 5.41) is 8.23. The number of nitrogen functional groups attached to an aromatic ring is 1. The minimum Gasteiger partial charge on any atom is -0.380 e. The summed E-state index contributed by atoms with van der Waals surface area (Å²) in [5.74, 6) is 5.53. The minimum atomic E-state index is 0.190. The molecule has 0 spiro atoms. The Morgan fingerprint density at radius 2 is 1.85 bits per heavy atom. The van der Waals surface area contributed by atoms with Crippen molar-refractivity contribution < 1.29 is 0 Å². The van der Waals surface area contributed by atoms with Gasteiger partial charge in [-0.15, -0.1) is 12.3 Å². The fourth-order valence-corrected chi connectivity index (χ4v) is 5.73. The summed E-state index contributed by atoms with van der Waals surface area (Å²) in [6.07, 6.45) is 12.7. The zero-order chi connectivity index (χ0) is 27.9. The second-order valence-electron chi connectivity index (χ2n) is 11.3. The lowest BCUT2D eigenvalue weighted by Gasteiger charge is -2.26. The molecule has 2 aromatic heterocycles. The summed E-state index contributed by atoms with van der Waals surface area (Å²) in [5.41, 5.74) is 14.7. The molecule has 0 aliphatic heterocycles. The average Bonchev–Trinajstić information content (AvgIpc) is 3.45. The minimum absolute atomic E-state index is 0.190. The van der Waals surface area contributed by atoms with Gasteiger partial charge in [-0.3, -0.25) is 4.68 Å². The number of nitrogens with one attached hydrogen (secondary N) is 2. The van der Waals surface area contributed by atoms with Crippen molar-refractivity contribution in [2.75, 3.05) is 11.1 Å². The van der Waals surface area contributed by atoms with Gasteiger partial charge in [0.25, 0.3) is 0 Å². The van der Waals surface area contributed by atoms with Gasteiger partial charge in [-0.2, -0.15) is 5.10 Å². The van der Waals surface area contributed by atoms with E-state index in [9.17, 15) is 0 Å². The summed E-state index contributed by atoms with van der Waals surface area (Å²) in [6, 6.07) is 17.7. The third kappa shape index (κ3) is 6.33. The average molecular weight is 524 g/mol. The van der Waals surface area contributed by atoms with Gasteiger partial charge in [-0.25, -0.2) is 0 Å². The molecular formula is C34H45N5. The van der Waals surface area contributed by atoms with E-state index in [1.165, 1.54) is 53.5 Å². The van der Waals surface area contributed by atoms with Crippen LogP contribution in [0.1, 0.15) is 82.4 Å². The van der Waals surface area contributed by atoms with Gasteiger partial charge < -0.3 is 16.0 Å². The van der Waals surface area contributed by atoms with Gasteiger partial charge in [-0.05, 0) is 46.9 Å². The van der Waals surface area contributed by atoms with Gasteiger partial charge in [0.1, 0.15) is 11.3 Å². The molecule has 2 heterocycles. The Kier molecular flexibility index (Phi) is 9.41. The summed E-state index contributed by atoms with van der Waals surface area (Å²) >= 11 is 0. The molecule has 2 atom stereocenters. The number of terminal acetylenes is 1. The van der Waals surface area contributed by atoms with Crippen molar-refractivity contribution in [3.05, 3.63) is 65.2 Å². The molecule has 1 unspecified atom stereocenters. The summed E-state index contributed by atoms with van der Waals surface area (Å²) in [4.78, 5) is 3.57. The first kappa shape index (κ1) is 28.4. The van der Waals surface area contributed by atoms with Crippen LogP contribution in [0.15, 0.2) is 48.5 Å². The van der Waals surface area contributed by atoms with Crippen LogP contribution in [0.5, 0.6) is 0 Å². The number of aryl methyl sites for hydroxylation is 2. The molecule has 0 amide bonds. The van der Waals surface area contributed by atoms with Gasteiger partial charge in [0.2, 0.25) is 0 Å². The van der Waals surface area contributed by atoms with Crippen LogP contribution in [0.25, 0.3) is 22.2 Å². The van der Waals surface area contributed by atoms with E-state index in [-0.39, 0.29) is 5.92 Å². The van der Waals surface area contributed by atoms with Gasteiger partial charge >= 0.3 is 0 Å².